The molecule has 0 saturated heterocycles. The molecule has 2 aliphatic heterocycles. The smallest absolute Gasteiger partial charge is 0.278 e. The van der Waals surface area contributed by atoms with Crippen molar-refractivity contribution in [1.29, 1.82) is 0 Å². The zero-order valence-electron chi connectivity index (χ0n) is 17.6. The van der Waals surface area contributed by atoms with E-state index in [1.807, 2.05) is 61.2 Å². The number of hydrogen-bond donors (Lipinski definition) is 0. The minimum atomic E-state index is -0.242. The number of amides is 2. The highest BCUT2D eigenvalue weighted by molar-refractivity contribution is 6.37. The van der Waals surface area contributed by atoms with Crippen molar-refractivity contribution in [2.24, 2.45) is 0 Å². The van der Waals surface area contributed by atoms with Gasteiger partial charge in [-0.2, -0.15) is 0 Å². The van der Waals surface area contributed by atoms with Gasteiger partial charge in [-0.25, -0.2) is 0 Å². The number of nitrogens with zero attached hydrogens (tertiary/aromatic N) is 3. The van der Waals surface area contributed by atoms with Gasteiger partial charge < -0.3 is 4.90 Å². The molecule has 0 fully saturated rings. The van der Waals surface area contributed by atoms with Gasteiger partial charge in [0.15, 0.2) is 0 Å². The van der Waals surface area contributed by atoms with Crippen molar-refractivity contribution in [2.75, 3.05) is 11.4 Å². The molecule has 154 valence electrons. The van der Waals surface area contributed by atoms with Crippen LogP contribution in [0.1, 0.15) is 27.8 Å². The lowest BCUT2D eigenvalue weighted by atomic mass is 9.97. The van der Waals surface area contributed by atoms with Gasteiger partial charge in [0.25, 0.3) is 11.8 Å². The largest absolute Gasteiger partial charge is 0.336 e. The highest BCUT2D eigenvalue weighted by Crippen LogP contribution is 2.39. The van der Waals surface area contributed by atoms with Crippen LogP contribution in [0.5, 0.6) is 0 Å². The summed E-state index contributed by atoms with van der Waals surface area (Å²) < 4.78 is 0. The molecule has 1 aromatic heterocycles. The lowest BCUT2D eigenvalue weighted by Gasteiger charge is -2.22. The van der Waals surface area contributed by atoms with E-state index >= 15 is 0 Å². The Hall–Kier alpha value is -3.73. The standard InChI is InChI=1S/C26H23N3O2/c1-17-7-8-21(18(2)15-17)23-24(28-14-11-20-5-3-4-6-22(20)28)26(31)29(25(23)30)16-19-9-12-27-13-10-19/h3-10,12-13,15H,11,14,16H2,1-2H3. The van der Waals surface area contributed by atoms with E-state index in [0.29, 0.717) is 17.8 Å². The minimum absolute atomic E-state index is 0.230. The zero-order valence-corrected chi connectivity index (χ0v) is 17.6. The summed E-state index contributed by atoms with van der Waals surface area (Å²) in [4.78, 5) is 34.7. The van der Waals surface area contributed by atoms with Crippen molar-refractivity contribution < 1.29 is 9.59 Å². The molecule has 31 heavy (non-hydrogen) atoms. The van der Waals surface area contributed by atoms with Crippen LogP contribution in [0.25, 0.3) is 5.57 Å². The fourth-order valence-corrected chi connectivity index (χ4v) is 4.54. The van der Waals surface area contributed by atoms with Crippen LogP contribution in [0.3, 0.4) is 0 Å². The number of rotatable bonds is 4. The molecule has 0 N–H and O–H groups in total. The molecule has 0 spiro atoms. The maximum absolute atomic E-state index is 13.7. The highest BCUT2D eigenvalue weighted by atomic mass is 16.2. The van der Waals surface area contributed by atoms with Crippen molar-refractivity contribution in [3.63, 3.8) is 0 Å². The summed E-state index contributed by atoms with van der Waals surface area (Å²) in [6.07, 6.45) is 4.21. The summed E-state index contributed by atoms with van der Waals surface area (Å²) in [5, 5.41) is 0. The summed E-state index contributed by atoms with van der Waals surface area (Å²) in [7, 11) is 0. The lowest BCUT2D eigenvalue weighted by molar-refractivity contribution is -0.137. The third-order valence-electron chi connectivity index (χ3n) is 6.04. The van der Waals surface area contributed by atoms with E-state index in [0.717, 1.165) is 34.4 Å². The van der Waals surface area contributed by atoms with E-state index in [1.165, 1.54) is 10.5 Å². The van der Waals surface area contributed by atoms with E-state index in [2.05, 4.69) is 17.1 Å². The van der Waals surface area contributed by atoms with Crippen LogP contribution in [0.4, 0.5) is 5.69 Å². The summed E-state index contributed by atoms with van der Waals surface area (Å²) in [5.74, 6) is -0.485. The Balaban J connectivity index is 1.65. The van der Waals surface area contributed by atoms with E-state index in [9.17, 15) is 9.59 Å². The number of fused-ring (bicyclic) bond motifs is 1. The van der Waals surface area contributed by atoms with Gasteiger partial charge in [-0.3, -0.25) is 19.5 Å². The van der Waals surface area contributed by atoms with E-state index in [1.54, 1.807) is 12.4 Å². The van der Waals surface area contributed by atoms with Crippen LogP contribution < -0.4 is 4.90 Å². The van der Waals surface area contributed by atoms with Gasteiger partial charge in [0.2, 0.25) is 0 Å². The van der Waals surface area contributed by atoms with E-state index < -0.39 is 0 Å². The van der Waals surface area contributed by atoms with E-state index in [4.69, 9.17) is 0 Å². The van der Waals surface area contributed by atoms with Crippen molar-refractivity contribution >= 4 is 23.1 Å². The van der Waals surface area contributed by atoms with Gasteiger partial charge in [-0.15, -0.1) is 0 Å². The molecule has 3 heterocycles. The molecule has 2 aromatic carbocycles. The highest BCUT2D eigenvalue weighted by Gasteiger charge is 2.43. The Kier molecular flexibility index (Phi) is 4.66. The first-order valence-corrected chi connectivity index (χ1v) is 10.5. The topological polar surface area (TPSA) is 53.5 Å². The number of aryl methyl sites for hydroxylation is 2. The number of carbonyl (C=O) groups is 2. The molecule has 0 bridgehead atoms. The van der Waals surface area contributed by atoms with Crippen molar-refractivity contribution in [1.82, 2.24) is 9.88 Å². The van der Waals surface area contributed by atoms with Gasteiger partial charge in [0, 0.05) is 24.6 Å². The number of anilines is 1. The zero-order chi connectivity index (χ0) is 21.5. The van der Waals surface area contributed by atoms with Crippen LogP contribution in [0, 0.1) is 13.8 Å². The second-order valence-corrected chi connectivity index (χ2v) is 8.12. The van der Waals surface area contributed by atoms with Gasteiger partial charge in [-0.1, -0.05) is 42.0 Å². The summed E-state index contributed by atoms with van der Waals surface area (Å²) in [6, 6.07) is 17.8. The minimum Gasteiger partial charge on any atom is -0.336 e. The summed E-state index contributed by atoms with van der Waals surface area (Å²) in [5.41, 5.74) is 6.99. The molecule has 0 aliphatic carbocycles. The molecule has 0 unspecified atom stereocenters. The normalized spacial score (nSPS) is 15.8. The first-order chi connectivity index (χ1) is 15.0. The second-order valence-electron chi connectivity index (χ2n) is 8.12. The third-order valence-corrected chi connectivity index (χ3v) is 6.04. The molecule has 2 aliphatic rings. The number of aromatic nitrogens is 1. The number of para-hydroxylation sites is 1. The maximum Gasteiger partial charge on any atom is 0.278 e. The van der Waals surface area contributed by atoms with Crippen LogP contribution in [0.2, 0.25) is 0 Å². The SMILES string of the molecule is Cc1ccc(C2=C(N3CCc4ccccc43)C(=O)N(Cc3ccncc3)C2=O)c(C)c1. The molecular weight excluding hydrogens is 386 g/mol. The van der Waals surface area contributed by atoms with Gasteiger partial charge in [-0.05, 0) is 60.7 Å². The number of hydrogen-bond acceptors (Lipinski definition) is 4. The molecule has 0 atom stereocenters. The van der Waals surface area contributed by atoms with Crippen LogP contribution in [-0.2, 0) is 22.6 Å². The Labute approximate surface area is 181 Å². The number of imide groups is 1. The predicted molar refractivity (Wildman–Crippen MR) is 120 cm³/mol. The quantitative estimate of drug-likeness (QED) is 0.611. The first-order valence-electron chi connectivity index (χ1n) is 10.5. The molecular formula is C26H23N3O2. The lowest BCUT2D eigenvalue weighted by Crippen LogP contribution is -2.34. The van der Waals surface area contributed by atoms with Crippen LogP contribution in [0.15, 0.2) is 72.7 Å². The molecule has 2 amide bonds. The average molecular weight is 409 g/mol. The van der Waals surface area contributed by atoms with Gasteiger partial charge in [0.05, 0.1) is 12.1 Å². The molecule has 0 radical (unpaired) electrons. The third kappa shape index (κ3) is 3.22. The van der Waals surface area contributed by atoms with Gasteiger partial charge >= 0.3 is 0 Å². The van der Waals surface area contributed by atoms with Crippen molar-refractivity contribution in [3.8, 4) is 0 Å². The Morgan fingerprint density at radius 1 is 0.935 bits per heavy atom. The Bertz CT molecular complexity index is 1230. The molecule has 5 nitrogen and oxygen atoms in total. The van der Waals surface area contributed by atoms with Crippen LogP contribution >= 0.6 is 0 Å². The second kappa shape index (κ2) is 7.51. The molecule has 5 heteroatoms. The molecule has 0 saturated carbocycles. The number of carbonyl (C=O) groups excluding carboxylic acids is 2. The van der Waals surface area contributed by atoms with Crippen molar-refractivity contribution in [3.05, 3.63) is 101 Å². The fraction of sp³-hybridized carbons (Fsp3) is 0.192. The monoisotopic (exact) mass is 409 g/mol. The predicted octanol–water partition coefficient (Wildman–Crippen LogP) is 4.04. The fourth-order valence-electron chi connectivity index (χ4n) is 4.54. The summed E-state index contributed by atoms with van der Waals surface area (Å²) >= 11 is 0. The Morgan fingerprint density at radius 2 is 1.71 bits per heavy atom. The average Bonchev–Trinajstić information content (AvgIpc) is 3.29. The molecule has 3 aromatic rings. The molecule has 5 rings (SSSR count). The number of pyridine rings is 1. The van der Waals surface area contributed by atoms with E-state index in [-0.39, 0.29) is 18.4 Å². The first kappa shape index (κ1) is 19.2. The van der Waals surface area contributed by atoms with Crippen molar-refractivity contribution in [2.45, 2.75) is 26.8 Å². The maximum atomic E-state index is 13.7. The number of benzene rings is 2. The van der Waals surface area contributed by atoms with Gasteiger partial charge in [0.1, 0.15) is 5.70 Å². The summed E-state index contributed by atoms with van der Waals surface area (Å²) in [6.45, 7) is 4.94. The van der Waals surface area contributed by atoms with Crippen LogP contribution in [-0.4, -0.2) is 28.2 Å². The Morgan fingerprint density at radius 3 is 2.48 bits per heavy atom.